The number of nitrogens with two attached hydrogens (primary N) is 1. The minimum absolute atomic E-state index is 0.280. The Morgan fingerprint density at radius 2 is 1.81 bits per heavy atom. The highest BCUT2D eigenvalue weighted by atomic mass is 19.2. The summed E-state index contributed by atoms with van der Waals surface area (Å²) in [6, 6.07) is 1.27. The molecule has 0 bridgehead atoms. The molecule has 1 aromatic rings. The zero-order valence-corrected chi connectivity index (χ0v) is 9.43. The predicted octanol–water partition coefficient (Wildman–Crippen LogP) is 2.09. The highest BCUT2D eigenvalue weighted by molar-refractivity contribution is 5.49. The third-order valence-electron chi connectivity index (χ3n) is 2.58. The minimum atomic E-state index is -1.28. The van der Waals surface area contributed by atoms with Gasteiger partial charge >= 0.3 is 0 Å². The maximum Gasteiger partial charge on any atom is 0.202 e. The van der Waals surface area contributed by atoms with Crippen molar-refractivity contribution in [1.29, 1.82) is 0 Å². The van der Waals surface area contributed by atoms with Crippen molar-refractivity contribution >= 4 is 5.69 Å². The monoisotopic (exact) mass is 230 g/mol. The van der Waals surface area contributed by atoms with Gasteiger partial charge in [-0.05, 0) is 19.2 Å². The Balaban J connectivity index is 3.05. The van der Waals surface area contributed by atoms with E-state index in [9.17, 15) is 13.9 Å². The molecule has 3 N–H and O–H groups in total. The van der Waals surface area contributed by atoms with Crippen molar-refractivity contribution in [2.45, 2.75) is 20.4 Å². The number of benzene rings is 1. The van der Waals surface area contributed by atoms with Crippen LogP contribution < -0.4 is 5.73 Å². The summed E-state index contributed by atoms with van der Waals surface area (Å²) in [5.41, 5.74) is 5.33. The lowest BCUT2D eigenvalue weighted by atomic mass is 10.1. The Morgan fingerprint density at radius 3 is 2.31 bits per heavy atom. The van der Waals surface area contributed by atoms with Crippen LogP contribution in [0.1, 0.15) is 19.4 Å². The van der Waals surface area contributed by atoms with Crippen LogP contribution in [0, 0.1) is 11.6 Å². The molecule has 0 aliphatic heterocycles. The summed E-state index contributed by atoms with van der Waals surface area (Å²) < 4.78 is 26.2. The van der Waals surface area contributed by atoms with Crippen LogP contribution in [-0.4, -0.2) is 23.1 Å². The van der Waals surface area contributed by atoms with Gasteiger partial charge in [-0.3, -0.25) is 4.90 Å². The molecule has 1 aromatic carbocycles. The second kappa shape index (κ2) is 5.12. The molecular formula is C11H16F2N2O. The van der Waals surface area contributed by atoms with E-state index in [1.807, 2.05) is 18.7 Å². The van der Waals surface area contributed by atoms with Crippen LogP contribution in [0.25, 0.3) is 0 Å². The third kappa shape index (κ3) is 2.41. The number of aromatic hydroxyl groups is 1. The molecule has 3 nitrogen and oxygen atoms in total. The second-order valence-corrected chi connectivity index (χ2v) is 3.56. The lowest BCUT2D eigenvalue weighted by Gasteiger charge is -2.19. The van der Waals surface area contributed by atoms with Gasteiger partial charge in [0, 0.05) is 12.1 Å². The standard InChI is InChI=1S/C11H16F2N2O/c1-3-15(4-2)6-7-5-8(14)9(12)10(13)11(7)16/h5,16H,3-4,6,14H2,1-2H3. The van der Waals surface area contributed by atoms with Gasteiger partial charge in [-0.1, -0.05) is 13.8 Å². The fraction of sp³-hybridized carbons (Fsp3) is 0.455. The van der Waals surface area contributed by atoms with E-state index in [-0.39, 0.29) is 5.69 Å². The molecule has 0 amide bonds. The smallest absolute Gasteiger partial charge is 0.202 e. The molecule has 0 aliphatic rings. The fourth-order valence-corrected chi connectivity index (χ4v) is 1.50. The van der Waals surface area contributed by atoms with Gasteiger partial charge in [0.1, 0.15) is 0 Å². The topological polar surface area (TPSA) is 49.5 Å². The molecule has 0 heterocycles. The first-order valence-corrected chi connectivity index (χ1v) is 5.18. The first-order chi connectivity index (χ1) is 7.51. The zero-order chi connectivity index (χ0) is 12.3. The molecule has 90 valence electrons. The minimum Gasteiger partial charge on any atom is -0.505 e. The lowest BCUT2D eigenvalue weighted by Crippen LogP contribution is -2.22. The summed E-state index contributed by atoms with van der Waals surface area (Å²) in [7, 11) is 0. The number of phenolic OH excluding ortho intramolecular Hbond substituents is 1. The van der Waals surface area contributed by atoms with Gasteiger partial charge in [0.05, 0.1) is 5.69 Å². The summed E-state index contributed by atoms with van der Waals surface area (Å²) in [5, 5.41) is 9.45. The molecule has 5 heteroatoms. The second-order valence-electron chi connectivity index (χ2n) is 3.56. The molecule has 0 saturated heterocycles. The van der Waals surface area contributed by atoms with Crippen LogP contribution >= 0.6 is 0 Å². The Hall–Kier alpha value is -1.36. The number of hydrogen-bond acceptors (Lipinski definition) is 3. The first-order valence-electron chi connectivity index (χ1n) is 5.18. The molecular weight excluding hydrogens is 214 g/mol. The molecule has 0 spiro atoms. The highest BCUT2D eigenvalue weighted by Gasteiger charge is 2.17. The van der Waals surface area contributed by atoms with Gasteiger partial charge in [-0.15, -0.1) is 0 Å². The van der Waals surface area contributed by atoms with Crippen molar-refractivity contribution in [3.05, 3.63) is 23.3 Å². The van der Waals surface area contributed by atoms with Gasteiger partial charge in [-0.2, -0.15) is 4.39 Å². The van der Waals surface area contributed by atoms with Crippen molar-refractivity contribution in [3.8, 4) is 5.75 Å². The van der Waals surface area contributed by atoms with Crippen LogP contribution in [-0.2, 0) is 6.54 Å². The van der Waals surface area contributed by atoms with E-state index in [1.165, 1.54) is 6.07 Å². The number of nitrogens with zero attached hydrogens (tertiary/aromatic N) is 1. The van der Waals surface area contributed by atoms with E-state index in [0.717, 1.165) is 13.1 Å². The number of hydrogen-bond donors (Lipinski definition) is 2. The van der Waals surface area contributed by atoms with Gasteiger partial charge < -0.3 is 10.8 Å². The highest BCUT2D eigenvalue weighted by Crippen LogP contribution is 2.28. The average Bonchev–Trinajstić information content (AvgIpc) is 2.29. The Bertz CT molecular complexity index is 379. The number of nitrogen functional groups attached to an aromatic ring is 1. The SMILES string of the molecule is CCN(CC)Cc1cc(N)c(F)c(F)c1O. The van der Waals surface area contributed by atoms with Crippen molar-refractivity contribution in [1.82, 2.24) is 4.90 Å². The predicted molar refractivity (Wildman–Crippen MR) is 59.1 cm³/mol. The van der Waals surface area contributed by atoms with Crippen molar-refractivity contribution < 1.29 is 13.9 Å². The maximum absolute atomic E-state index is 13.2. The number of halogens is 2. The van der Waals surface area contributed by atoms with Crippen LogP contribution in [0.15, 0.2) is 6.07 Å². The molecule has 0 aliphatic carbocycles. The van der Waals surface area contributed by atoms with Crippen LogP contribution in [0.2, 0.25) is 0 Å². The number of anilines is 1. The van der Waals surface area contributed by atoms with E-state index >= 15 is 0 Å². The zero-order valence-electron chi connectivity index (χ0n) is 9.43. The molecule has 1 rings (SSSR count). The Morgan fingerprint density at radius 1 is 1.25 bits per heavy atom. The molecule has 0 atom stereocenters. The summed E-state index contributed by atoms with van der Waals surface area (Å²) >= 11 is 0. The van der Waals surface area contributed by atoms with Crippen LogP contribution in [0.3, 0.4) is 0 Å². The summed E-state index contributed by atoms with van der Waals surface area (Å²) in [4.78, 5) is 1.96. The number of rotatable bonds is 4. The normalized spacial score (nSPS) is 11.1. The molecule has 16 heavy (non-hydrogen) atoms. The molecule has 0 fully saturated rings. The van der Waals surface area contributed by atoms with E-state index in [2.05, 4.69) is 0 Å². The van der Waals surface area contributed by atoms with Gasteiger partial charge in [0.25, 0.3) is 0 Å². The fourth-order valence-electron chi connectivity index (χ4n) is 1.50. The van der Waals surface area contributed by atoms with E-state index in [0.29, 0.717) is 12.1 Å². The quantitative estimate of drug-likeness (QED) is 0.615. The largest absolute Gasteiger partial charge is 0.505 e. The van der Waals surface area contributed by atoms with Gasteiger partial charge in [0.15, 0.2) is 11.6 Å². The van der Waals surface area contributed by atoms with E-state index in [1.54, 1.807) is 0 Å². The molecule has 0 saturated carbocycles. The number of phenols is 1. The maximum atomic E-state index is 13.2. The van der Waals surface area contributed by atoms with E-state index in [4.69, 9.17) is 5.73 Å². The molecule has 0 aromatic heterocycles. The Kier molecular flexibility index (Phi) is 4.06. The summed E-state index contributed by atoms with van der Waals surface area (Å²) in [6.07, 6.45) is 0. The summed E-state index contributed by atoms with van der Waals surface area (Å²) in [5.74, 6) is -3.12. The lowest BCUT2D eigenvalue weighted by molar-refractivity contribution is 0.288. The first kappa shape index (κ1) is 12.7. The van der Waals surface area contributed by atoms with E-state index < -0.39 is 17.4 Å². The van der Waals surface area contributed by atoms with Gasteiger partial charge in [-0.25, -0.2) is 4.39 Å². The van der Waals surface area contributed by atoms with Gasteiger partial charge in [0.2, 0.25) is 5.82 Å². The Labute approximate surface area is 93.5 Å². The molecule has 0 unspecified atom stereocenters. The van der Waals surface area contributed by atoms with Crippen LogP contribution in [0.4, 0.5) is 14.5 Å². The van der Waals surface area contributed by atoms with Crippen molar-refractivity contribution in [2.75, 3.05) is 18.8 Å². The molecule has 0 radical (unpaired) electrons. The van der Waals surface area contributed by atoms with Crippen molar-refractivity contribution in [2.24, 2.45) is 0 Å². The third-order valence-corrected chi connectivity index (χ3v) is 2.58. The van der Waals surface area contributed by atoms with Crippen LogP contribution in [0.5, 0.6) is 5.75 Å². The summed E-state index contributed by atoms with van der Waals surface area (Å²) in [6.45, 7) is 5.76. The average molecular weight is 230 g/mol. The van der Waals surface area contributed by atoms with Crippen molar-refractivity contribution in [3.63, 3.8) is 0 Å².